The number of benzene rings is 2. The Morgan fingerprint density at radius 2 is 1.50 bits per heavy atom. The molecule has 0 saturated carbocycles. The van der Waals surface area contributed by atoms with Crippen LogP contribution in [0.4, 0.5) is 20.2 Å². The number of rotatable bonds is 11. The SMILES string of the molecule is CNc1ccn(-c2ccnc3c2cc(CN2CCC(c4c(F)cc(C(=O)N5CCC(CN6CCN(Cc7ccc8c(c7)C(C)(C)C(=O)N8[C@H]7CCC(=O)NC7=O)CC6)CC5)cc4F)CC2)n3C)c(=O)c1. The molecule has 5 aliphatic rings. The highest BCUT2D eigenvalue weighted by molar-refractivity contribution is 6.13. The summed E-state index contributed by atoms with van der Waals surface area (Å²) < 4.78 is 35.4. The molecule has 15 nitrogen and oxygen atoms in total. The Bertz CT molecular complexity index is 2900. The van der Waals surface area contributed by atoms with E-state index in [4.69, 9.17) is 0 Å². The van der Waals surface area contributed by atoms with E-state index in [0.717, 1.165) is 97.0 Å². The Morgan fingerprint density at radius 1 is 0.800 bits per heavy atom. The van der Waals surface area contributed by atoms with Crippen LogP contribution in [-0.2, 0) is 39.9 Å². The van der Waals surface area contributed by atoms with Crippen LogP contribution in [0.5, 0.6) is 0 Å². The van der Waals surface area contributed by atoms with E-state index in [0.29, 0.717) is 57.9 Å². The molecule has 17 heteroatoms. The zero-order chi connectivity index (χ0) is 49.0. The number of halogens is 2. The number of piperidine rings is 3. The van der Waals surface area contributed by atoms with Crippen LogP contribution >= 0.6 is 0 Å². The molecule has 8 heterocycles. The summed E-state index contributed by atoms with van der Waals surface area (Å²) in [6.07, 6.45) is 6.79. The van der Waals surface area contributed by atoms with Crippen LogP contribution in [0.1, 0.15) is 91.0 Å². The number of aromatic nitrogens is 3. The van der Waals surface area contributed by atoms with Crippen molar-refractivity contribution in [2.75, 3.05) is 76.2 Å². The van der Waals surface area contributed by atoms with Crippen LogP contribution in [0, 0.1) is 17.6 Å². The van der Waals surface area contributed by atoms with Crippen LogP contribution in [-0.4, -0.2) is 129 Å². The van der Waals surface area contributed by atoms with Gasteiger partial charge >= 0.3 is 0 Å². The van der Waals surface area contributed by atoms with Gasteiger partial charge in [-0.15, -0.1) is 0 Å². The van der Waals surface area contributed by atoms with E-state index in [-0.39, 0.29) is 46.7 Å². The molecule has 0 radical (unpaired) electrons. The number of anilines is 2. The average molecular weight is 957 g/mol. The molecular formula is C53H62F2N10O5. The summed E-state index contributed by atoms with van der Waals surface area (Å²) in [4.78, 5) is 79.8. The van der Waals surface area contributed by atoms with Crippen molar-refractivity contribution in [1.29, 1.82) is 0 Å². The van der Waals surface area contributed by atoms with Crippen molar-refractivity contribution in [2.24, 2.45) is 13.0 Å². The van der Waals surface area contributed by atoms with Crippen LogP contribution in [0.25, 0.3) is 16.7 Å². The Hall–Kier alpha value is -6.30. The van der Waals surface area contributed by atoms with Crippen molar-refractivity contribution in [3.63, 3.8) is 0 Å². The molecule has 1 atom stereocenters. The highest BCUT2D eigenvalue weighted by Gasteiger charge is 2.49. The Labute approximate surface area is 406 Å². The summed E-state index contributed by atoms with van der Waals surface area (Å²) >= 11 is 0. The van der Waals surface area contributed by atoms with Gasteiger partial charge in [-0.2, -0.15) is 0 Å². The van der Waals surface area contributed by atoms with Crippen LogP contribution in [0.15, 0.2) is 71.8 Å². The van der Waals surface area contributed by atoms with E-state index >= 15 is 8.78 Å². The molecule has 0 bridgehead atoms. The lowest BCUT2D eigenvalue weighted by Crippen LogP contribution is -2.55. The van der Waals surface area contributed by atoms with E-state index in [1.165, 1.54) is 12.1 Å². The lowest BCUT2D eigenvalue weighted by molar-refractivity contribution is -0.136. The van der Waals surface area contributed by atoms with Crippen molar-refractivity contribution < 1.29 is 28.0 Å². The molecule has 5 aliphatic heterocycles. The molecule has 4 saturated heterocycles. The minimum absolute atomic E-state index is 0.0555. The number of imide groups is 1. The monoisotopic (exact) mass is 956 g/mol. The smallest absolute Gasteiger partial charge is 0.257 e. The van der Waals surface area contributed by atoms with Crippen LogP contribution in [0.2, 0.25) is 0 Å². The number of aryl methyl sites for hydroxylation is 1. The number of pyridine rings is 2. The second kappa shape index (κ2) is 19.1. The van der Waals surface area contributed by atoms with Gasteiger partial charge in [0.25, 0.3) is 11.5 Å². The summed E-state index contributed by atoms with van der Waals surface area (Å²) in [6.45, 7) is 12.1. The first-order chi connectivity index (χ1) is 33.7. The Kier molecular flexibility index (Phi) is 12.9. The van der Waals surface area contributed by atoms with Crippen molar-refractivity contribution in [1.82, 2.24) is 39.0 Å². The normalized spacial score (nSPS) is 20.9. The average Bonchev–Trinajstić information content (AvgIpc) is 3.77. The minimum Gasteiger partial charge on any atom is -0.388 e. The predicted molar refractivity (Wildman–Crippen MR) is 263 cm³/mol. The first kappa shape index (κ1) is 47.4. The maximum atomic E-state index is 15.9. The number of hydrogen-bond donors (Lipinski definition) is 2. The number of nitrogens with zero attached hydrogens (tertiary/aromatic N) is 8. The molecule has 2 aromatic carbocycles. The fourth-order valence-corrected chi connectivity index (χ4v) is 11.6. The van der Waals surface area contributed by atoms with E-state index in [1.54, 1.807) is 39.9 Å². The molecule has 0 aliphatic carbocycles. The number of fused-ring (bicyclic) bond motifs is 2. The fraction of sp³-hybridized carbons (Fsp3) is 0.472. The van der Waals surface area contributed by atoms with Crippen molar-refractivity contribution in [3.8, 4) is 5.69 Å². The van der Waals surface area contributed by atoms with E-state index < -0.39 is 29.0 Å². The number of likely N-dealkylation sites (tertiary alicyclic amines) is 2. The third-order valence-corrected chi connectivity index (χ3v) is 15.7. The van der Waals surface area contributed by atoms with E-state index in [2.05, 4.69) is 42.5 Å². The number of amides is 4. The molecule has 2 N–H and O–H groups in total. The van der Waals surface area contributed by atoms with Crippen LogP contribution in [0.3, 0.4) is 0 Å². The summed E-state index contributed by atoms with van der Waals surface area (Å²) in [7, 11) is 3.73. The molecule has 10 rings (SSSR count). The molecule has 70 heavy (non-hydrogen) atoms. The summed E-state index contributed by atoms with van der Waals surface area (Å²) in [5, 5.41) is 6.26. The molecule has 4 amide bonds. The molecule has 4 fully saturated rings. The predicted octanol–water partition coefficient (Wildman–Crippen LogP) is 5.52. The van der Waals surface area contributed by atoms with Crippen LogP contribution < -0.4 is 21.1 Å². The van der Waals surface area contributed by atoms with E-state index in [9.17, 15) is 24.0 Å². The third kappa shape index (κ3) is 9.03. The Balaban J connectivity index is 0.686. The number of nitrogens with one attached hydrogen (secondary N) is 2. The minimum atomic E-state index is -0.789. The largest absolute Gasteiger partial charge is 0.388 e. The van der Waals surface area contributed by atoms with Gasteiger partial charge in [-0.3, -0.25) is 48.6 Å². The first-order valence-corrected chi connectivity index (χ1v) is 24.8. The van der Waals surface area contributed by atoms with Gasteiger partial charge in [-0.25, -0.2) is 13.8 Å². The zero-order valence-electron chi connectivity index (χ0n) is 40.5. The second-order valence-electron chi connectivity index (χ2n) is 20.5. The molecule has 0 unspecified atom stereocenters. The van der Waals surface area contributed by atoms with Crippen molar-refractivity contribution in [2.45, 2.75) is 82.8 Å². The van der Waals surface area contributed by atoms with Gasteiger partial charge in [-0.05, 0) is 118 Å². The first-order valence-electron chi connectivity index (χ1n) is 24.8. The van der Waals surface area contributed by atoms with Gasteiger partial charge in [0.2, 0.25) is 17.7 Å². The fourth-order valence-electron chi connectivity index (χ4n) is 11.6. The topological polar surface area (TPSA) is 148 Å². The number of carbonyl (C=O) groups excluding carboxylic acids is 4. The lowest BCUT2D eigenvalue weighted by atomic mass is 9.85. The molecule has 3 aromatic heterocycles. The zero-order valence-corrected chi connectivity index (χ0v) is 40.5. The molecule has 0 spiro atoms. The van der Waals surface area contributed by atoms with Gasteiger partial charge in [0.05, 0.1) is 11.1 Å². The number of hydrogen-bond acceptors (Lipinski definition) is 10. The number of carbonyl (C=O) groups is 4. The van der Waals surface area contributed by atoms with E-state index in [1.807, 2.05) is 49.7 Å². The lowest BCUT2D eigenvalue weighted by Gasteiger charge is -2.39. The summed E-state index contributed by atoms with van der Waals surface area (Å²) in [5.74, 6) is -2.39. The van der Waals surface area contributed by atoms with Gasteiger partial charge in [0.1, 0.15) is 23.3 Å². The quantitative estimate of drug-likeness (QED) is 0.162. The molecular weight excluding hydrogens is 895 g/mol. The second-order valence-corrected chi connectivity index (χ2v) is 20.5. The molecule has 5 aromatic rings. The standard InChI is InChI=1S/C53H62F2N10O5/c1-53(2)40-25-34(5-6-44(40)65(52(53)70)45-7-8-46(66)58-50(45)68)31-62-23-21-61(22-24-62)30-33-10-18-63(19-11-33)51(69)36-26-41(54)48(42(55)27-36)35-12-16-60(17-13-35)32-38-29-39-43(9-15-57-49(39)59(38)4)64-20-14-37(56-3)28-47(64)67/h5-6,9,14-15,20,25-29,33,35,45,56H,7-8,10-13,16-19,21-24,30-32H2,1-4H3,(H,58,66,68)/t45-/m0/s1. The van der Waals surface area contributed by atoms with Crippen molar-refractivity contribution >= 4 is 46.0 Å². The summed E-state index contributed by atoms with van der Waals surface area (Å²) in [5.41, 5.74) is 5.21. The van der Waals surface area contributed by atoms with Gasteiger partial charge < -0.3 is 19.7 Å². The number of piperazine rings is 1. The van der Waals surface area contributed by atoms with Gasteiger partial charge in [-0.1, -0.05) is 12.1 Å². The molecule has 368 valence electrons. The Morgan fingerprint density at radius 3 is 2.19 bits per heavy atom. The highest BCUT2D eigenvalue weighted by Crippen LogP contribution is 2.44. The van der Waals surface area contributed by atoms with Gasteiger partial charge in [0.15, 0.2) is 0 Å². The third-order valence-electron chi connectivity index (χ3n) is 15.7. The van der Waals surface area contributed by atoms with Gasteiger partial charge in [0, 0.05) is 131 Å². The maximum absolute atomic E-state index is 15.9. The highest BCUT2D eigenvalue weighted by atomic mass is 19.1. The van der Waals surface area contributed by atoms with Crippen molar-refractivity contribution in [3.05, 3.63) is 117 Å². The summed E-state index contributed by atoms with van der Waals surface area (Å²) in [6, 6.07) is 15.2. The maximum Gasteiger partial charge on any atom is 0.257 e.